The first-order valence-corrected chi connectivity index (χ1v) is 11.1. The zero-order valence-electron chi connectivity index (χ0n) is 14.9. The summed E-state index contributed by atoms with van der Waals surface area (Å²) < 4.78 is 14.6. The Morgan fingerprint density at radius 2 is 1.52 bits per heavy atom. The van der Waals surface area contributed by atoms with Gasteiger partial charge >= 0.3 is 0 Å². The number of quaternary nitrogens is 1. The number of hydrogen-bond donors (Lipinski definition) is 2. The summed E-state index contributed by atoms with van der Waals surface area (Å²) in [6.07, 6.45) is 1.55. The molecule has 1 fully saturated rings. The van der Waals surface area contributed by atoms with Gasteiger partial charge in [-0.05, 0) is 0 Å². The monoisotopic (exact) mass is 338 g/mol. The molecule has 1 aromatic carbocycles. The summed E-state index contributed by atoms with van der Waals surface area (Å²) >= 11 is 0. The molecule has 0 aromatic heterocycles. The van der Waals surface area contributed by atoms with Gasteiger partial charge in [0.1, 0.15) is 7.14 Å². The van der Waals surface area contributed by atoms with Crippen molar-refractivity contribution in [3.63, 3.8) is 0 Å². The lowest BCUT2D eigenvalue weighted by Gasteiger charge is -2.45. The molecule has 0 radical (unpaired) electrons. The van der Waals surface area contributed by atoms with E-state index in [0.29, 0.717) is 0 Å². The first kappa shape index (κ1) is 18.7. The molecule has 1 saturated heterocycles. The molecule has 0 bridgehead atoms. The van der Waals surface area contributed by atoms with E-state index in [1.165, 1.54) is 5.56 Å². The van der Waals surface area contributed by atoms with Crippen LogP contribution in [0.2, 0.25) is 0 Å². The normalized spacial score (nSPS) is 21.0. The number of nitrogens with one attached hydrogen (secondary N) is 2. The number of nitrogens with zero attached hydrogens (tertiary/aromatic N) is 1. The maximum atomic E-state index is 13.8. The number of benzene rings is 1. The third kappa shape index (κ3) is 4.45. The first-order chi connectivity index (χ1) is 11.1. The molecule has 0 spiro atoms. The molecule has 0 aliphatic carbocycles. The second-order valence-electron chi connectivity index (χ2n) is 6.80. The molecule has 23 heavy (non-hydrogen) atoms. The van der Waals surface area contributed by atoms with Crippen molar-refractivity contribution >= 4 is 7.14 Å². The van der Waals surface area contributed by atoms with Crippen molar-refractivity contribution in [2.45, 2.75) is 19.6 Å². The zero-order valence-corrected chi connectivity index (χ0v) is 15.8. The molecule has 1 unspecified atom stereocenters. The Bertz CT molecular complexity index is 502. The van der Waals surface area contributed by atoms with E-state index < -0.39 is 7.14 Å². The van der Waals surface area contributed by atoms with Gasteiger partial charge in [-0.1, -0.05) is 44.2 Å². The summed E-state index contributed by atoms with van der Waals surface area (Å²) in [5, 5.41) is 7.02. The van der Waals surface area contributed by atoms with Crippen LogP contribution in [0.15, 0.2) is 30.3 Å². The second-order valence-corrected chi connectivity index (χ2v) is 10.5. The van der Waals surface area contributed by atoms with Gasteiger partial charge in [0.2, 0.25) is 0 Å². The van der Waals surface area contributed by atoms with Crippen molar-refractivity contribution in [1.29, 1.82) is 0 Å². The Morgan fingerprint density at radius 1 is 1.00 bits per heavy atom. The van der Waals surface area contributed by atoms with E-state index in [1.54, 1.807) is 0 Å². The summed E-state index contributed by atoms with van der Waals surface area (Å²) in [6, 6.07) is 10.5. The van der Waals surface area contributed by atoms with E-state index in [0.717, 1.165) is 56.1 Å². The van der Waals surface area contributed by atoms with Crippen LogP contribution in [0.25, 0.3) is 0 Å². The smallest absolute Gasteiger partial charge is 0.166 e. The van der Waals surface area contributed by atoms with Crippen molar-refractivity contribution < 1.29 is 9.05 Å². The Labute approximate surface area is 141 Å². The van der Waals surface area contributed by atoms with E-state index in [1.807, 2.05) is 6.07 Å². The highest BCUT2D eigenvalue weighted by Gasteiger charge is 2.44. The molecule has 0 saturated carbocycles. The third-order valence-electron chi connectivity index (χ3n) is 5.28. The van der Waals surface area contributed by atoms with Gasteiger partial charge in [-0.25, -0.2) is 0 Å². The van der Waals surface area contributed by atoms with Crippen LogP contribution < -0.4 is 10.6 Å². The Hall–Kier alpha value is -0.670. The topological polar surface area (TPSA) is 41.1 Å². The van der Waals surface area contributed by atoms with E-state index >= 15 is 0 Å². The van der Waals surface area contributed by atoms with E-state index in [4.69, 9.17) is 0 Å². The van der Waals surface area contributed by atoms with Gasteiger partial charge in [-0.15, -0.1) is 0 Å². The molecule has 1 atom stereocenters. The first-order valence-electron chi connectivity index (χ1n) is 8.94. The van der Waals surface area contributed by atoms with Crippen molar-refractivity contribution in [3.8, 4) is 0 Å². The number of likely N-dealkylation sites (N-methyl/N-ethyl adjacent to an activating group) is 1. The quantitative estimate of drug-likeness (QED) is 0.641. The van der Waals surface area contributed by atoms with Crippen LogP contribution in [0.1, 0.15) is 25.2 Å². The van der Waals surface area contributed by atoms with E-state index in [-0.39, 0.29) is 5.78 Å². The summed E-state index contributed by atoms with van der Waals surface area (Å²) in [7, 11) is 0.0179. The minimum absolute atomic E-state index is 0.0976. The lowest BCUT2D eigenvalue weighted by Crippen LogP contribution is -2.52. The van der Waals surface area contributed by atoms with Crippen LogP contribution in [0.3, 0.4) is 0 Å². The summed E-state index contributed by atoms with van der Waals surface area (Å²) in [6.45, 7) is 10.2. The lowest BCUT2D eigenvalue weighted by molar-refractivity contribution is -0.924. The number of hydrogen-bond acceptors (Lipinski definition) is 3. The molecule has 1 heterocycles. The van der Waals surface area contributed by atoms with Gasteiger partial charge in [0.25, 0.3) is 0 Å². The van der Waals surface area contributed by atoms with Crippen molar-refractivity contribution in [2.75, 3.05) is 58.6 Å². The van der Waals surface area contributed by atoms with Crippen LogP contribution in [0, 0.1) is 0 Å². The molecule has 130 valence electrons. The summed E-state index contributed by atoms with van der Waals surface area (Å²) in [5.74, 6) is 0.0976. The van der Waals surface area contributed by atoms with Gasteiger partial charge in [-0.2, -0.15) is 0 Å². The van der Waals surface area contributed by atoms with Gasteiger partial charge in [0.15, 0.2) is 5.78 Å². The van der Waals surface area contributed by atoms with Gasteiger partial charge < -0.3 is 19.7 Å². The highest BCUT2D eigenvalue weighted by Crippen LogP contribution is 2.61. The average Bonchev–Trinajstić information content (AvgIpc) is 2.68. The van der Waals surface area contributed by atoms with Gasteiger partial charge in [-0.3, -0.25) is 0 Å². The van der Waals surface area contributed by atoms with E-state index in [9.17, 15) is 4.57 Å². The van der Waals surface area contributed by atoms with Gasteiger partial charge in [0, 0.05) is 44.1 Å². The molecule has 2 N–H and O–H groups in total. The molecule has 1 aliphatic rings. The van der Waals surface area contributed by atoms with Gasteiger partial charge in [0.05, 0.1) is 20.1 Å². The van der Waals surface area contributed by atoms with Crippen LogP contribution in [-0.4, -0.2) is 63.1 Å². The maximum Gasteiger partial charge on any atom is 0.166 e. The molecule has 5 heteroatoms. The Balaban J connectivity index is 2.43. The second kappa shape index (κ2) is 8.43. The zero-order chi connectivity index (χ0) is 16.8. The highest BCUT2D eigenvalue weighted by atomic mass is 31.2. The maximum absolute atomic E-state index is 13.8. The SMILES string of the molecule is CCP(=O)(CC)C(c1ccccc1)[N+]1(C)CCNCCNCC1. The largest absolute Gasteiger partial charge is 0.317 e. The Morgan fingerprint density at radius 3 is 2.00 bits per heavy atom. The van der Waals surface area contributed by atoms with Crippen LogP contribution >= 0.6 is 7.14 Å². The fourth-order valence-electron chi connectivity index (χ4n) is 3.79. The van der Waals surface area contributed by atoms with Crippen molar-refractivity contribution in [1.82, 2.24) is 10.6 Å². The number of rotatable bonds is 5. The van der Waals surface area contributed by atoms with Crippen molar-refractivity contribution in [3.05, 3.63) is 35.9 Å². The minimum Gasteiger partial charge on any atom is -0.317 e. The Kier molecular flexibility index (Phi) is 6.84. The molecule has 1 aliphatic heterocycles. The predicted molar refractivity (Wildman–Crippen MR) is 99.5 cm³/mol. The minimum atomic E-state index is -2.28. The molecule has 2 rings (SSSR count). The van der Waals surface area contributed by atoms with Crippen LogP contribution in [0.4, 0.5) is 0 Å². The highest BCUT2D eigenvalue weighted by molar-refractivity contribution is 7.64. The van der Waals surface area contributed by atoms with Crippen LogP contribution in [0.5, 0.6) is 0 Å². The molecule has 4 nitrogen and oxygen atoms in total. The lowest BCUT2D eigenvalue weighted by atomic mass is 10.2. The molecular formula is C18H33N3OP+. The van der Waals surface area contributed by atoms with Crippen LogP contribution in [-0.2, 0) is 4.57 Å². The molecular weight excluding hydrogens is 305 g/mol. The molecule has 0 amide bonds. The fraction of sp³-hybridized carbons (Fsp3) is 0.667. The fourth-order valence-corrected chi connectivity index (χ4v) is 6.89. The summed E-state index contributed by atoms with van der Waals surface area (Å²) in [5.41, 5.74) is 1.24. The molecule has 1 aromatic rings. The van der Waals surface area contributed by atoms with Crippen molar-refractivity contribution in [2.24, 2.45) is 0 Å². The third-order valence-corrected chi connectivity index (χ3v) is 9.17. The van der Waals surface area contributed by atoms with E-state index in [2.05, 4.69) is 55.8 Å². The summed E-state index contributed by atoms with van der Waals surface area (Å²) in [4.78, 5) is 0. The predicted octanol–water partition coefficient (Wildman–Crippen LogP) is 2.73. The average molecular weight is 338 g/mol. The standard InChI is InChI=1S/C18H33N3OP/c1-4-23(22,5-2)18(17-9-7-6-8-10-17)21(3)15-13-19-11-12-20-14-16-21/h6-10,18-20H,4-5,11-16H2,1-3H3/q+1.